The van der Waals surface area contributed by atoms with Crippen molar-refractivity contribution >= 4 is 62.2 Å². The molecule has 0 bridgehead atoms. The summed E-state index contributed by atoms with van der Waals surface area (Å²) in [6.45, 7) is 10.5. The Kier molecular flexibility index (Phi) is 39.7. The third kappa shape index (κ3) is 27.0. The van der Waals surface area contributed by atoms with E-state index in [4.69, 9.17) is 30.4 Å². The fourth-order valence-electron chi connectivity index (χ4n) is 4.48. The predicted molar refractivity (Wildman–Crippen MR) is 229 cm³/mol. The van der Waals surface area contributed by atoms with Crippen LogP contribution in [0.25, 0.3) is 0 Å². The van der Waals surface area contributed by atoms with Crippen molar-refractivity contribution in [3.63, 3.8) is 0 Å². The molecule has 0 amide bonds. The molecule has 1 aliphatic rings. The predicted octanol–water partition coefficient (Wildman–Crippen LogP) is 1.30. The van der Waals surface area contributed by atoms with Gasteiger partial charge in [0, 0.05) is 23.4 Å². The summed E-state index contributed by atoms with van der Waals surface area (Å²) in [5.74, 6) is -0.545. The minimum atomic E-state index is -1.00. The van der Waals surface area contributed by atoms with E-state index in [1.165, 1.54) is 19.1 Å². The third-order valence-corrected chi connectivity index (χ3v) is 9.51. The van der Waals surface area contributed by atoms with Crippen molar-refractivity contribution in [3.05, 3.63) is 118 Å². The zero-order valence-electron chi connectivity index (χ0n) is 38.2. The number of fused-ring (bicyclic) bond motifs is 1. The quantitative estimate of drug-likeness (QED) is 0.0317. The molecule has 4 aromatic carbocycles. The second-order valence-electron chi connectivity index (χ2n) is 11.5. The maximum atomic E-state index is 12.2. The van der Waals surface area contributed by atoms with Crippen LogP contribution in [0.1, 0.15) is 66.5 Å². The van der Waals surface area contributed by atoms with Gasteiger partial charge in [0.15, 0.2) is 23.0 Å². The van der Waals surface area contributed by atoms with Crippen LogP contribution in [0, 0.1) is 13.8 Å². The van der Waals surface area contributed by atoms with Gasteiger partial charge in [-0.1, -0.05) is 92.5 Å². The Morgan fingerprint density at radius 1 is 0.810 bits per heavy atom. The molecule has 1 unspecified atom stereocenters. The number of carbonyl (C=O) groups is 5. The summed E-state index contributed by atoms with van der Waals surface area (Å²) in [5, 5.41) is 27.9. The van der Waals surface area contributed by atoms with E-state index in [9.17, 15) is 33.8 Å². The molecular formula is C43H51Br2FK2O15. The number of benzene rings is 4. The number of phenolic OH excluding ortho intramolecular Hbond substituents is 2. The number of alkyl halides is 3. The number of phenols is 2. The molecule has 0 saturated carbocycles. The molecule has 0 aromatic heterocycles. The third-order valence-electron chi connectivity index (χ3n) is 7.30. The van der Waals surface area contributed by atoms with Gasteiger partial charge in [-0.3, -0.25) is 18.8 Å². The monoisotopic (exact) mass is 1060 g/mol. The number of halogens is 3. The molecule has 20 heteroatoms. The van der Waals surface area contributed by atoms with E-state index in [1.807, 2.05) is 67.6 Å². The van der Waals surface area contributed by atoms with Crippen molar-refractivity contribution in [3.8, 4) is 23.0 Å². The molecule has 1 aliphatic heterocycles. The molecule has 0 radical (unpaired) electrons. The first-order chi connectivity index (χ1) is 29.7. The first-order valence-corrected chi connectivity index (χ1v) is 20.1. The Bertz CT molecular complexity index is 1940. The molecule has 2 N–H and O–H groups in total. The summed E-state index contributed by atoms with van der Waals surface area (Å²) in [5.41, 5.74) is 3.65. The van der Waals surface area contributed by atoms with E-state index >= 15 is 0 Å². The molecule has 4 aromatic rings. The van der Waals surface area contributed by atoms with Crippen LogP contribution in [0.15, 0.2) is 84.9 Å². The van der Waals surface area contributed by atoms with Crippen LogP contribution in [0.5, 0.6) is 23.0 Å². The zero-order chi connectivity index (χ0) is 46.9. The van der Waals surface area contributed by atoms with E-state index < -0.39 is 13.1 Å². The van der Waals surface area contributed by atoms with Gasteiger partial charge in [-0.25, -0.2) is 9.59 Å². The molecule has 15 nitrogen and oxygen atoms in total. The normalized spacial score (nSPS) is 10.5. The van der Waals surface area contributed by atoms with E-state index in [2.05, 4.69) is 46.2 Å². The molecule has 1 atom stereocenters. The molecule has 0 fully saturated rings. The van der Waals surface area contributed by atoms with Crippen molar-refractivity contribution in [2.75, 3.05) is 38.9 Å². The van der Waals surface area contributed by atoms with Gasteiger partial charge in [-0.2, -0.15) is 0 Å². The SMILES string of the molecule is CCOC(=O)C(Br)CBr.CCOC(C)=O.Cc1c(C(=O)OCc2ccccc2)ccc(O)c1O.Cc1c(C(=O)OCc2ccccc2)ccc2c1OCCO2.O=CO[O-].[2H]CF.[H-].[K+].[K+]. The largest absolute Gasteiger partial charge is 1.00 e. The van der Waals surface area contributed by atoms with E-state index in [0.717, 1.165) is 16.7 Å². The van der Waals surface area contributed by atoms with Crippen molar-refractivity contribution in [1.29, 1.82) is 0 Å². The number of hydrogen-bond donors (Lipinski definition) is 2. The molecule has 0 saturated heterocycles. The topological polar surface area (TPSA) is 213 Å². The molecule has 0 aliphatic carbocycles. The summed E-state index contributed by atoms with van der Waals surface area (Å²) in [6, 6.07) is 25.1. The fraction of sp³-hybridized carbons (Fsp3) is 0.326. The van der Waals surface area contributed by atoms with Gasteiger partial charge in [0.2, 0.25) is 0 Å². The van der Waals surface area contributed by atoms with Crippen molar-refractivity contribution < 1.29 is 183 Å². The van der Waals surface area contributed by atoms with Gasteiger partial charge in [0.25, 0.3) is 6.47 Å². The number of ether oxygens (including phenoxy) is 6. The molecular weight excluding hydrogens is 1010 g/mol. The van der Waals surface area contributed by atoms with Crippen LogP contribution in [0.3, 0.4) is 0 Å². The van der Waals surface area contributed by atoms with Crippen LogP contribution in [-0.4, -0.2) is 84.3 Å². The first kappa shape index (κ1) is 62.6. The standard InChI is InChI=1S/C17H16O4.C15H14O4.C5H8Br2O2.C4H8O2.CH3F.CH2O3.2K.H/c1-12-14(7-8-15-16(12)20-10-9-19-15)17(18)21-11-13-5-3-2-4-6-13;1-10-12(7-8-13(16)14(10)17)15(18)19-9-11-5-3-2-4-6-11;1-2-9-5(8)4(7)3-6;1-3-6-4(2)5;1-2;2-1-4-3;;;/h2-8H,9-11H2,1H3;2-8,16-17H,9H2,1H3;4H,2-3H2,1H3;3H2,1-2H3;1H3;1,3H;;;/q;;;;;;2*+1;-1/p-1/i;;;;1D;;;;. The van der Waals surface area contributed by atoms with E-state index in [1.54, 1.807) is 32.9 Å². The van der Waals surface area contributed by atoms with Crippen LogP contribution < -0.4 is 118 Å². The number of aromatic hydroxyl groups is 2. The Balaban J connectivity index is -0.000000386. The van der Waals surface area contributed by atoms with Crippen LogP contribution in [0.2, 0.25) is 0 Å². The molecule has 5 rings (SSSR count). The van der Waals surface area contributed by atoms with Gasteiger partial charge in [0.1, 0.15) is 31.3 Å². The van der Waals surface area contributed by atoms with Gasteiger partial charge < -0.3 is 50.2 Å². The minimum absolute atomic E-state index is 0. The summed E-state index contributed by atoms with van der Waals surface area (Å²) in [4.78, 5) is 55.6. The van der Waals surface area contributed by atoms with Gasteiger partial charge >= 0.3 is 127 Å². The average Bonchev–Trinajstić information content (AvgIpc) is 3.28. The number of hydrogen-bond acceptors (Lipinski definition) is 15. The maximum Gasteiger partial charge on any atom is 1.00 e. The van der Waals surface area contributed by atoms with Crippen LogP contribution in [0.4, 0.5) is 4.39 Å². The minimum Gasteiger partial charge on any atom is -1.00 e. The second kappa shape index (κ2) is 39.9. The maximum absolute atomic E-state index is 12.2. The molecule has 336 valence electrons. The van der Waals surface area contributed by atoms with Crippen LogP contribution in [-0.2, 0) is 51.4 Å². The van der Waals surface area contributed by atoms with Crippen molar-refractivity contribution in [2.24, 2.45) is 0 Å². The molecule has 63 heavy (non-hydrogen) atoms. The van der Waals surface area contributed by atoms with Gasteiger partial charge in [-0.05, 0) is 63.1 Å². The Hall–Kier alpha value is -2.45. The fourth-order valence-corrected chi connectivity index (χ4v) is 4.88. The number of rotatable bonds is 11. The summed E-state index contributed by atoms with van der Waals surface area (Å²) in [6.07, 6.45) is 0. The summed E-state index contributed by atoms with van der Waals surface area (Å²) in [7, 11) is -1.00. The number of esters is 4. The smallest absolute Gasteiger partial charge is 1.00 e. The first-order valence-electron chi connectivity index (χ1n) is 18.8. The summed E-state index contributed by atoms with van der Waals surface area (Å²) < 4.78 is 46.2. The van der Waals surface area contributed by atoms with Gasteiger partial charge in [0.05, 0.1) is 32.9 Å². The van der Waals surface area contributed by atoms with Crippen molar-refractivity contribution in [2.45, 2.75) is 52.7 Å². The number of carbonyl (C=O) groups excluding carboxylic acids is 5. The molecule has 0 spiro atoms. The zero-order valence-corrected chi connectivity index (χ0v) is 45.6. The molecule has 1 heterocycles. The Morgan fingerprint density at radius 2 is 1.25 bits per heavy atom. The van der Waals surface area contributed by atoms with E-state index in [-0.39, 0.29) is 164 Å². The Morgan fingerprint density at radius 3 is 1.67 bits per heavy atom. The van der Waals surface area contributed by atoms with Gasteiger partial charge in [-0.15, -0.1) is 0 Å². The van der Waals surface area contributed by atoms with E-state index in [0.29, 0.717) is 54.4 Å². The summed E-state index contributed by atoms with van der Waals surface area (Å²) >= 11 is 6.26. The Labute approximate surface area is 471 Å². The van der Waals surface area contributed by atoms with Crippen molar-refractivity contribution in [1.82, 2.24) is 0 Å². The average molecular weight is 1070 g/mol. The van der Waals surface area contributed by atoms with Crippen LogP contribution >= 0.6 is 31.9 Å². The second-order valence-corrected chi connectivity index (χ2v) is 13.2.